The Kier molecular flexibility index (Phi) is 2.14. The van der Waals surface area contributed by atoms with E-state index in [0.717, 1.165) is 0 Å². The number of H-pyrrole nitrogens is 1. The van der Waals surface area contributed by atoms with E-state index >= 15 is 0 Å². The van der Waals surface area contributed by atoms with Crippen LogP contribution in [-0.2, 0) is 0 Å². The maximum atomic E-state index is 11.6. The first-order valence-electron chi connectivity index (χ1n) is 4.36. The normalized spacial score (nSPS) is 9.87. The third kappa shape index (κ3) is 1.44. The van der Waals surface area contributed by atoms with Crippen LogP contribution in [0.2, 0.25) is 0 Å². The molecule has 0 spiro atoms. The molecule has 0 aliphatic rings. The highest BCUT2D eigenvalue weighted by atomic mass is 16.5. The number of nitrogens with zero attached hydrogens (tertiary/aromatic N) is 1. The highest BCUT2D eigenvalue weighted by Gasteiger charge is 2.05. The number of aromatic nitrogens is 1. The first kappa shape index (κ1) is 9.28. The molecular weight excluding hydrogens is 192 g/mol. The Labute approximate surface area is 85.7 Å². The van der Waals surface area contributed by atoms with Crippen LogP contribution in [-0.4, -0.2) is 12.1 Å². The molecule has 2 rings (SSSR count). The highest BCUT2D eigenvalue weighted by Crippen LogP contribution is 2.20. The van der Waals surface area contributed by atoms with Crippen LogP contribution in [0.3, 0.4) is 0 Å². The Morgan fingerprint density at radius 2 is 2.27 bits per heavy atom. The van der Waals surface area contributed by atoms with Crippen molar-refractivity contribution in [3.8, 4) is 11.8 Å². The summed E-state index contributed by atoms with van der Waals surface area (Å²) in [6.07, 6.45) is 0. The van der Waals surface area contributed by atoms with Crippen LogP contribution in [0.15, 0.2) is 29.1 Å². The SMILES string of the molecule is COc1cccc2c(=O)cc(C#N)[nH]c12. The fourth-order valence-corrected chi connectivity index (χ4v) is 1.48. The summed E-state index contributed by atoms with van der Waals surface area (Å²) >= 11 is 0. The molecule has 0 saturated carbocycles. The van der Waals surface area contributed by atoms with Crippen LogP contribution in [0.5, 0.6) is 5.75 Å². The molecule has 0 atom stereocenters. The summed E-state index contributed by atoms with van der Waals surface area (Å²) in [5.41, 5.74) is 0.611. The first-order valence-corrected chi connectivity index (χ1v) is 4.36. The minimum Gasteiger partial charge on any atom is -0.495 e. The van der Waals surface area contributed by atoms with E-state index in [1.165, 1.54) is 13.2 Å². The fourth-order valence-electron chi connectivity index (χ4n) is 1.48. The molecule has 4 nitrogen and oxygen atoms in total. The molecule has 0 amide bonds. The zero-order chi connectivity index (χ0) is 10.8. The molecule has 4 heteroatoms. The van der Waals surface area contributed by atoms with Crippen LogP contribution in [0, 0.1) is 11.3 Å². The second kappa shape index (κ2) is 3.46. The van der Waals surface area contributed by atoms with Gasteiger partial charge in [-0.2, -0.15) is 5.26 Å². The Morgan fingerprint density at radius 1 is 1.47 bits per heavy atom. The number of rotatable bonds is 1. The minimum atomic E-state index is -0.181. The Hall–Kier alpha value is -2.28. The van der Waals surface area contributed by atoms with Gasteiger partial charge in [-0.05, 0) is 12.1 Å². The number of hydrogen-bond donors (Lipinski definition) is 1. The molecule has 0 bridgehead atoms. The highest BCUT2D eigenvalue weighted by molar-refractivity contribution is 5.84. The molecule has 1 N–H and O–H groups in total. The summed E-state index contributed by atoms with van der Waals surface area (Å²) in [7, 11) is 1.52. The van der Waals surface area contributed by atoms with Gasteiger partial charge in [-0.15, -0.1) is 0 Å². The van der Waals surface area contributed by atoms with Crippen molar-refractivity contribution in [3.05, 3.63) is 40.2 Å². The number of methoxy groups -OCH3 is 1. The number of benzene rings is 1. The van der Waals surface area contributed by atoms with E-state index in [9.17, 15) is 4.79 Å². The molecule has 1 aromatic heterocycles. The molecule has 0 aliphatic heterocycles. The van der Waals surface area contributed by atoms with Crippen molar-refractivity contribution in [2.45, 2.75) is 0 Å². The predicted molar refractivity (Wildman–Crippen MR) is 55.8 cm³/mol. The summed E-state index contributed by atoms with van der Waals surface area (Å²) in [6, 6.07) is 8.35. The quantitative estimate of drug-likeness (QED) is 0.756. The third-order valence-electron chi connectivity index (χ3n) is 2.17. The zero-order valence-corrected chi connectivity index (χ0v) is 8.07. The van der Waals surface area contributed by atoms with Crippen molar-refractivity contribution in [2.75, 3.05) is 7.11 Å². The largest absolute Gasteiger partial charge is 0.495 e. The summed E-state index contributed by atoms with van der Waals surface area (Å²) in [4.78, 5) is 14.5. The lowest BCUT2D eigenvalue weighted by atomic mass is 10.2. The monoisotopic (exact) mass is 200 g/mol. The molecule has 0 saturated heterocycles. The lowest BCUT2D eigenvalue weighted by molar-refractivity contribution is 0.419. The second-order valence-corrected chi connectivity index (χ2v) is 3.04. The fraction of sp³-hybridized carbons (Fsp3) is 0.0909. The van der Waals surface area contributed by atoms with Crippen molar-refractivity contribution >= 4 is 10.9 Å². The molecule has 0 radical (unpaired) electrons. The van der Waals surface area contributed by atoms with Crippen molar-refractivity contribution in [2.24, 2.45) is 0 Å². The average molecular weight is 200 g/mol. The molecule has 0 unspecified atom stereocenters. The molecule has 74 valence electrons. The van der Waals surface area contributed by atoms with Gasteiger partial charge >= 0.3 is 0 Å². The van der Waals surface area contributed by atoms with Crippen molar-refractivity contribution in [1.29, 1.82) is 5.26 Å². The van der Waals surface area contributed by atoms with Gasteiger partial charge in [0.15, 0.2) is 5.43 Å². The van der Waals surface area contributed by atoms with E-state index in [4.69, 9.17) is 10.00 Å². The Bertz CT molecular complexity index is 608. The van der Waals surface area contributed by atoms with Gasteiger partial charge in [-0.3, -0.25) is 4.79 Å². The van der Waals surface area contributed by atoms with Crippen LogP contribution in [0.4, 0.5) is 0 Å². The van der Waals surface area contributed by atoms with Gasteiger partial charge in [0.2, 0.25) is 0 Å². The maximum absolute atomic E-state index is 11.6. The van der Waals surface area contributed by atoms with E-state index in [1.807, 2.05) is 6.07 Å². The van der Waals surface area contributed by atoms with Crippen LogP contribution < -0.4 is 10.2 Å². The van der Waals surface area contributed by atoms with Crippen molar-refractivity contribution < 1.29 is 4.74 Å². The number of fused-ring (bicyclic) bond motifs is 1. The van der Waals surface area contributed by atoms with Gasteiger partial charge in [-0.25, -0.2) is 0 Å². The Balaban J connectivity index is 2.93. The average Bonchev–Trinajstić information content (AvgIpc) is 2.28. The third-order valence-corrected chi connectivity index (χ3v) is 2.17. The van der Waals surface area contributed by atoms with Crippen LogP contribution in [0.25, 0.3) is 10.9 Å². The predicted octanol–water partition coefficient (Wildman–Crippen LogP) is 1.41. The summed E-state index contributed by atoms with van der Waals surface area (Å²) < 4.78 is 5.10. The first-order chi connectivity index (χ1) is 7.26. The van der Waals surface area contributed by atoms with E-state index < -0.39 is 0 Å². The number of para-hydroxylation sites is 1. The number of nitrogens with one attached hydrogen (secondary N) is 1. The number of pyridine rings is 1. The van der Waals surface area contributed by atoms with E-state index in [2.05, 4.69) is 4.98 Å². The standard InChI is InChI=1S/C11H8N2O2/c1-15-10-4-2-3-8-9(14)5-7(6-12)13-11(8)10/h2-5H,1H3,(H,13,14). The van der Waals surface area contributed by atoms with E-state index in [0.29, 0.717) is 16.7 Å². The topological polar surface area (TPSA) is 65.9 Å². The van der Waals surface area contributed by atoms with Gasteiger partial charge in [0.25, 0.3) is 0 Å². The molecule has 0 aliphatic carbocycles. The Morgan fingerprint density at radius 3 is 2.93 bits per heavy atom. The van der Waals surface area contributed by atoms with Gasteiger partial charge in [0.05, 0.1) is 12.6 Å². The molecular formula is C11H8N2O2. The number of hydrogen-bond acceptors (Lipinski definition) is 3. The van der Waals surface area contributed by atoms with E-state index in [1.54, 1.807) is 18.2 Å². The van der Waals surface area contributed by atoms with Crippen LogP contribution >= 0.6 is 0 Å². The van der Waals surface area contributed by atoms with Gasteiger partial charge in [-0.1, -0.05) is 6.07 Å². The van der Waals surface area contributed by atoms with E-state index in [-0.39, 0.29) is 11.1 Å². The molecule has 1 heterocycles. The smallest absolute Gasteiger partial charge is 0.190 e. The number of aromatic amines is 1. The summed E-state index contributed by atoms with van der Waals surface area (Å²) in [6.45, 7) is 0. The van der Waals surface area contributed by atoms with Gasteiger partial charge in [0, 0.05) is 11.5 Å². The van der Waals surface area contributed by atoms with Crippen molar-refractivity contribution in [1.82, 2.24) is 4.98 Å². The number of ether oxygens (including phenoxy) is 1. The molecule has 2 aromatic rings. The lowest BCUT2D eigenvalue weighted by Gasteiger charge is -2.04. The van der Waals surface area contributed by atoms with Crippen LogP contribution in [0.1, 0.15) is 5.69 Å². The van der Waals surface area contributed by atoms with Crippen molar-refractivity contribution in [3.63, 3.8) is 0 Å². The van der Waals surface area contributed by atoms with Gasteiger partial charge in [0.1, 0.15) is 17.5 Å². The minimum absolute atomic E-state index is 0.181. The molecule has 15 heavy (non-hydrogen) atoms. The maximum Gasteiger partial charge on any atom is 0.190 e. The number of nitriles is 1. The van der Waals surface area contributed by atoms with Gasteiger partial charge < -0.3 is 9.72 Å². The lowest BCUT2D eigenvalue weighted by Crippen LogP contribution is -2.04. The summed E-state index contributed by atoms with van der Waals surface area (Å²) in [5, 5.41) is 9.25. The molecule has 0 fully saturated rings. The molecule has 1 aromatic carbocycles. The zero-order valence-electron chi connectivity index (χ0n) is 8.07. The summed E-state index contributed by atoms with van der Waals surface area (Å²) in [5.74, 6) is 0.557. The second-order valence-electron chi connectivity index (χ2n) is 3.04.